The van der Waals surface area contributed by atoms with Crippen LogP contribution in [0.1, 0.15) is 17.5 Å². The van der Waals surface area contributed by atoms with Crippen LogP contribution in [0.2, 0.25) is 0 Å². The Labute approximate surface area is 143 Å². The van der Waals surface area contributed by atoms with Gasteiger partial charge in [0.15, 0.2) is 0 Å². The zero-order chi connectivity index (χ0) is 14.4. The van der Waals surface area contributed by atoms with E-state index in [9.17, 15) is 4.79 Å². The molecule has 0 atom stereocenters. The Bertz CT molecular complexity index is 579. The second-order valence-corrected chi connectivity index (χ2v) is 4.80. The van der Waals surface area contributed by atoms with E-state index in [1.165, 1.54) is 0 Å². The van der Waals surface area contributed by atoms with Crippen LogP contribution in [0.4, 0.5) is 5.69 Å². The number of amides is 1. The molecule has 0 spiro atoms. The van der Waals surface area contributed by atoms with Gasteiger partial charge in [-0.25, -0.2) is 0 Å². The predicted octanol–water partition coefficient (Wildman–Crippen LogP) is 3.10. The average Bonchev–Trinajstić information content (AvgIpc) is 2.47. The summed E-state index contributed by atoms with van der Waals surface area (Å²) in [4.78, 5) is 17.8. The van der Waals surface area contributed by atoms with Crippen LogP contribution >= 0.6 is 24.8 Å². The lowest BCUT2D eigenvalue weighted by atomic mass is 10.1. The second kappa shape index (κ2) is 10.0. The smallest absolute Gasteiger partial charge is 0.222 e. The molecule has 2 aromatic rings. The minimum atomic E-state index is 0. The monoisotopic (exact) mass is 341 g/mol. The predicted molar refractivity (Wildman–Crippen MR) is 94.4 cm³/mol. The number of aromatic nitrogens is 1. The number of halogens is 2. The number of carbonyl (C=O) groups excluding carboxylic acids is 1. The van der Waals surface area contributed by atoms with Gasteiger partial charge in [0.25, 0.3) is 0 Å². The molecule has 0 fully saturated rings. The van der Waals surface area contributed by atoms with Crippen molar-refractivity contribution in [1.29, 1.82) is 0 Å². The summed E-state index contributed by atoms with van der Waals surface area (Å²) in [7, 11) is 1.82. The fraction of sp³-hybridized carbons (Fsp3) is 0.250. The Hall–Kier alpha value is -1.78. The highest BCUT2D eigenvalue weighted by Gasteiger charge is 2.10. The third kappa shape index (κ3) is 5.92. The Balaban J connectivity index is 0.00000220. The van der Waals surface area contributed by atoms with Gasteiger partial charge < -0.3 is 10.6 Å². The molecule has 4 nitrogen and oxygen atoms in total. The first-order valence-electron chi connectivity index (χ1n) is 6.63. The Morgan fingerprint density at radius 2 is 1.77 bits per heavy atom. The minimum absolute atomic E-state index is 0. The summed E-state index contributed by atoms with van der Waals surface area (Å²) >= 11 is 0. The fourth-order valence-electron chi connectivity index (χ4n) is 2.04. The van der Waals surface area contributed by atoms with Crippen molar-refractivity contribution >= 4 is 36.4 Å². The number of aryl methyl sites for hydroxylation is 1. The average molecular weight is 342 g/mol. The molecule has 2 rings (SSSR count). The van der Waals surface area contributed by atoms with Crippen LogP contribution < -0.4 is 5.73 Å². The van der Waals surface area contributed by atoms with Crippen molar-refractivity contribution in [3.8, 4) is 0 Å². The molecular formula is C16H21Cl2N3O. The Morgan fingerprint density at radius 1 is 1.14 bits per heavy atom. The number of anilines is 1. The maximum atomic E-state index is 12.1. The van der Waals surface area contributed by atoms with Crippen molar-refractivity contribution in [3.63, 3.8) is 0 Å². The van der Waals surface area contributed by atoms with Crippen molar-refractivity contribution in [2.45, 2.75) is 19.4 Å². The summed E-state index contributed by atoms with van der Waals surface area (Å²) in [6.07, 6.45) is 4.61. The van der Waals surface area contributed by atoms with Crippen LogP contribution in [0.5, 0.6) is 0 Å². The SMILES string of the molecule is CN(Cc1ccncc1)C(=O)CCc1ccccc1N.Cl.Cl. The fourth-order valence-corrected chi connectivity index (χ4v) is 2.04. The summed E-state index contributed by atoms with van der Waals surface area (Å²) < 4.78 is 0. The zero-order valence-corrected chi connectivity index (χ0v) is 14.1. The Morgan fingerprint density at radius 3 is 2.41 bits per heavy atom. The van der Waals surface area contributed by atoms with Gasteiger partial charge in [0.05, 0.1) is 0 Å². The van der Waals surface area contributed by atoms with Crippen molar-refractivity contribution in [2.24, 2.45) is 0 Å². The van der Waals surface area contributed by atoms with Gasteiger partial charge in [-0.15, -0.1) is 24.8 Å². The van der Waals surface area contributed by atoms with Gasteiger partial charge in [-0.1, -0.05) is 18.2 Å². The molecule has 0 aliphatic carbocycles. The van der Waals surface area contributed by atoms with Crippen LogP contribution in [-0.2, 0) is 17.8 Å². The lowest BCUT2D eigenvalue weighted by Crippen LogP contribution is -2.26. The first-order valence-corrected chi connectivity index (χ1v) is 6.63. The van der Waals surface area contributed by atoms with Gasteiger partial charge in [-0.05, 0) is 35.7 Å². The number of pyridine rings is 1. The van der Waals surface area contributed by atoms with Gasteiger partial charge >= 0.3 is 0 Å². The summed E-state index contributed by atoms with van der Waals surface area (Å²) in [6.45, 7) is 0.603. The number of hydrogen-bond acceptors (Lipinski definition) is 3. The van der Waals surface area contributed by atoms with Crippen molar-refractivity contribution < 1.29 is 4.79 Å². The summed E-state index contributed by atoms with van der Waals surface area (Å²) in [5.74, 6) is 0.116. The number of hydrogen-bond donors (Lipinski definition) is 1. The normalized spacial score (nSPS) is 9.32. The van der Waals surface area contributed by atoms with Crippen LogP contribution in [0.15, 0.2) is 48.8 Å². The highest BCUT2D eigenvalue weighted by molar-refractivity contribution is 5.85. The summed E-state index contributed by atoms with van der Waals surface area (Å²) in [5.41, 5.74) is 8.73. The third-order valence-electron chi connectivity index (χ3n) is 3.26. The third-order valence-corrected chi connectivity index (χ3v) is 3.26. The topological polar surface area (TPSA) is 59.2 Å². The minimum Gasteiger partial charge on any atom is -0.399 e. The molecule has 22 heavy (non-hydrogen) atoms. The van der Waals surface area contributed by atoms with Crippen molar-refractivity contribution in [3.05, 3.63) is 59.9 Å². The van der Waals surface area contributed by atoms with Gasteiger partial charge in [0.2, 0.25) is 5.91 Å². The first-order chi connectivity index (χ1) is 9.66. The second-order valence-electron chi connectivity index (χ2n) is 4.80. The lowest BCUT2D eigenvalue weighted by molar-refractivity contribution is -0.130. The van der Waals surface area contributed by atoms with E-state index in [-0.39, 0.29) is 30.7 Å². The van der Waals surface area contributed by atoms with Crippen molar-refractivity contribution in [2.75, 3.05) is 12.8 Å². The van der Waals surface area contributed by atoms with Crippen LogP contribution in [0.25, 0.3) is 0 Å². The molecule has 120 valence electrons. The molecule has 0 aliphatic heterocycles. The van der Waals surface area contributed by atoms with E-state index in [0.29, 0.717) is 19.4 Å². The summed E-state index contributed by atoms with van der Waals surface area (Å²) in [6, 6.07) is 11.5. The number of rotatable bonds is 5. The van der Waals surface area contributed by atoms with Gasteiger partial charge in [0, 0.05) is 38.1 Å². The molecule has 1 amide bonds. The van der Waals surface area contributed by atoms with Crippen LogP contribution in [0.3, 0.4) is 0 Å². The van der Waals surface area contributed by atoms with E-state index >= 15 is 0 Å². The molecular weight excluding hydrogens is 321 g/mol. The lowest BCUT2D eigenvalue weighted by Gasteiger charge is -2.17. The number of nitrogens with two attached hydrogens (primary N) is 1. The largest absolute Gasteiger partial charge is 0.399 e. The van der Waals surface area contributed by atoms with Crippen LogP contribution in [0, 0.1) is 0 Å². The van der Waals surface area contributed by atoms with E-state index in [2.05, 4.69) is 4.98 Å². The van der Waals surface area contributed by atoms with E-state index in [4.69, 9.17) is 5.73 Å². The molecule has 0 saturated carbocycles. The number of nitrogens with zero attached hydrogens (tertiary/aromatic N) is 2. The number of para-hydroxylation sites is 1. The zero-order valence-electron chi connectivity index (χ0n) is 12.4. The van der Waals surface area contributed by atoms with E-state index in [1.807, 2.05) is 43.4 Å². The molecule has 0 unspecified atom stereocenters. The highest BCUT2D eigenvalue weighted by Crippen LogP contribution is 2.13. The molecule has 1 aromatic heterocycles. The molecule has 0 bridgehead atoms. The van der Waals surface area contributed by atoms with Gasteiger partial charge in [-0.3, -0.25) is 9.78 Å². The van der Waals surface area contributed by atoms with E-state index < -0.39 is 0 Å². The van der Waals surface area contributed by atoms with Crippen LogP contribution in [-0.4, -0.2) is 22.8 Å². The molecule has 1 aromatic carbocycles. The molecule has 2 N–H and O–H groups in total. The van der Waals surface area contributed by atoms with E-state index in [0.717, 1.165) is 16.8 Å². The maximum Gasteiger partial charge on any atom is 0.222 e. The van der Waals surface area contributed by atoms with Gasteiger partial charge in [-0.2, -0.15) is 0 Å². The molecule has 0 saturated heterocycles. The maximum absolute atomic E-state index is 12.1. The molecule has 0 radical (unpaired) electrons. The molecule has 1 heterocycles. The van der Waals surface area contributed by atoms with Crippen molar-refractivity contribution in [1.82, 2.24) is 9.88 Å². The number of benzene rings is 1. The Kier molecular flexibility index (Phi) is 9.22. The quantitative estimate of drug-likeness (QED) is 0.850. The number of carbonyl (C=O) groups is 1. The molecule has 0 aliphatic rings. The molecule has 6 heteroatoms. The number of nitrogen functional groups attached to an aromatic ring is 1. The van der Waals surface area contributed by atoms with Gasteiger partial charge in [0.1, 0.15) is 0 Å². The highest BCUT2D eigenvalue weighted by atomic mass is 35.5. The first kappa shape index (κ1) is 20.2. The van der Waals surface area contributed by atoms with E-state index in [1.54, 1.807) is 17.3 Å². The standard InChI is InChI=1S/C16H19N3O.2ClH/c1-19(12-13-8-10-18-11-9-13)16(20)7-6-14-4-2-3-5-15(14)17;;/h2-5,8-11H,6-7,12,17H2,1H3;2*1H. The summed E-state index contributed by atoms with van der Waals surface area (Å²) in [5, 5.41) is 0.